The average Bonchev–Trinajstić information content (AvgIpc) is 3.21. The van der Waals surface area contributed by atoms with Gasteiger partial charge in [0.15, 0.2) is 5.82 Å². The van der Waals surface area contributed by atoms with Gasteiger partial charge < -0.3 is 9.51 Å². The Morgan fingerprint density at radius 2 is 2.17 bits per heavy atom. The van der Waals surface area contributed by atoms with Crippen LogP contribution < -0.4 is 0 Å². The van der Waals surface area contributed by atoms with E-state index in [-0.39, 0.29) is 6.04 Å². The highest BCUT2D eigenvalue weighted by Crippen LogP contribution is 2.31. The summed E-state index contributed by atoms with van der Waals surface area (Å²) in [7, 11) is 0. The summed E-state index contributed by atoms with van der Waals surface area (Å²) in [6.07, 6.45) is 5.47. The second kappa shape index (κ2) is 5.66. The minimum Gasteiger partial charge on any atom is -0.361 e. The van der Waals surface area contributed by atoms with Crippen molar-refractivity contribution in [2.75, 3.05) is 13.1 Å². The molecular formula is C18H20N4O. The molecule has 1 aliphatic heterocycles. The number of aromatic amines is 1. The molecule has 0 unspecified atom stereocenters. The lowest BCUT2D eigenvalue weighted by Crippen LogP contribution is -2.31. The Morgan fingerprint density at radius 1 is 1.30 bits per heavy atom. The highest BCUT2D eigenvalue weighted by Gasteiger charge is 2.23. The van der Waals surface area contributed by atoms with E-state index in [1.54, 1.807) is 0 Å². The van der Waals surface area contributed by atoms with Crippen LogP contribution in [0.2, 0.25) is 0 Å². The fourth-order valence-corrected chi connectivity index (χ4v) is 3.26. The predicted octanol–water partition coefficient (Wildman–Crippen LogP) is 3.71. The summed E-state index contributed by atoms with van der Waals surface area (Å²) < 4.78 is 5.31. The number of hydrogen-bond donors (Lipinski definition) is 1. The Labute approximate surface area is 135 Å². The Morgan fingerprint density at radius 3 is 2.91 bits per heavy atom. The molecule has 2 aromatic heterocycles. The van der Waals surface area contributed by atoms with E-state index in [0.29, 0.717) is 11.7 Å². The van der Waals surface area contributed by atoms with Crippen molar-refractivity contribution in [3.63, 3.8) is 0 Å². The molecule has 0 amide bonds. The number of nitrogens with one attached hydrogen (secondary N) is 1. The largest absolute Gasteiger partial charge is 0.361 e. The molecule has 1 aromatic carbocycles. The first-order valence-electron chi connectivity index (χ1n) is 8.02. The molecule has 5 heteroatoms. The summed E-state index contributed by atoms with van der Waals surface area (Å²) in [5.41, 5.74) is 3.93. The van der Waals surface area contributed by atoms with E-state index < -0.39 is 0 Å². The van der Waals surface area contributed by atoms with Crippen LogP contribution in [-0.2, 0) is 0 Å². The van der Waals surface area contributed by atoms with Gasteiger partial charge in [-0.05, 0) is 31.9 Å². The number of hydrogen-bond acceptors (Lipinski definition) is 4. The molecule has 4 rings (SSSR count). The van der Waals surface area contributed by atoms with Gasteiger partial charge in [0.05, 0.1) is 6.04 Å². The minimum atomic E-state index is 0.150. The second-order valence-electron chi connectivity index (χ2n) is 6.08. The molecular weight excluding hydrogens is 288 g/mol. The van der Waals surface area contributed by atoms with Gasteiger partial charge in [0.2, 0.25) is 5.89 Å². The maximum absolute atomic E-state index is 5.31. The van der Waals surface area contributed by atoms with Crippen molar-refractivity contribution in [1.29, 1.82) is 0 Å². The van der Waals surface area contributed by atoms with Crippen LogP contribution in [0.4, 0.5) is 0 Å². The molecule has 5 nitrogen and oxygen atoms in total. The van der Waals surface area contributed by atoms with E-state index in [9.17, 15) is 0 Å². The zero-order valence-corrected chi connectivity index (χ0v) is 13.4. The highest BCUT2D eigenvalue weighted by molar-refractivity contribution is 5.92. The summed E-state index contributed by atoms with van der Waals surface area (Å²) >= 11 is 0. The quantitative estimate of drug-likeness (QED) is 0.801. The van der Waals surface area contributed by atoms with Crippen LogP contribution in [0.5, 0.6) is 0 Å². The van der Waals surface area contributed by atoms with Crippen LogP contribution in [0, 0.1) is 6.92 Å². The predicted molar refractivity (Wildman–Crippen MR) is 89.9 cm³/mol. The second-order valence-corrected chi connectivity index (χ2v) is 6.08. The van der Waals surface area contributed by atoms with Crippen LogP contribution in [0.1, 0.15) is 36.7 Å². The molecule has 3 heterocycles. The topological polar surface area (TPSA) is 58.0 Å². The monoisotopic (exact) mass is 308 g/mol. The summed E-state index contributed by atoms with van der Waals surface area (Å²) in [5, 5.41) is 5.19. The van der Waals surface area contributed by atoms with Crippen molar-refractivity contribution in [3.05, 3.63) is 53.8 Å². The van der Waals surface area contributed by atoms with Gasteiger partial charge in [0.25, 0.3) is 0 Å². The number of H-pyrrole nitrogens is 1. The third-order valence-corrected chi connectivity index (χ3v) is 4.62. The first-order chi connectivity index (χ1) is 11.2. The number of rotatable bonds is 3. The van der Waals surface area contributed by atoms with Crippen molar-refractivity contribution >= 4 is 16.5 Å². The van der Waals surface area contributed by atoms with Crippen LogP contribution in [-0.4, -0.2) is 33.1 Å². The molecule has 3 aromatic rings. The molecule has 1 N–H and O–H groups in total. The van der Waals surface area contributed by atoms with E-state index in [2.05, 4.69) is 63.5 Å². The van der Waals surface area contributed by atoms with E-state index in [0.717, 1.165) is 19.5 Å². The van der Waals surface area contributed by atoms with E-state index in [1.807, 2.05) is 6.92 Å². The zero-order chi connectivity index (χ0) is 15.8. The van der Waals surface area contributed by atoms with Crippen molar-refractivity contribution < 1.29 is 4.52 Å². The van der Waals surface area contributed by atoms with Gasteiger partial charge in [-0.2, -0.15) is 4.98 Å². The smallest absolute Gasteiger partial charge is 0.243 e. The van der Waals surface area contributed by atoms with Gasteiger partial charge in [-0.3, -0.25) is 4.90 Å². The van der Waals surface area contributed by atoms with Gasteiger partial charge >= 0.3 is 0 Å². The van der Waals surface area contributed by atoms with Gasteiger partial charge in [-0.1, -0.05) is 29.4 Å². The average molecular weight is 308 g/mol. The van der Waals surface area contributed by atoms with Crippen LogP contribution in [0.15, 0.2) is 41.1 Å². The van der Waals surface area contributed by atoms with Gasteiger partial charge in [0.1, 0.15) is 0 Å². The molecule has 0 saturated carbocycles. The molecule has 23 heavy (non-hydrogen) atoms. The summed E-state index contributed by atoms with van der Waals surface area (Å²) in [4.78, 5) is 10.1. The summed E-state index contributed by atoms with van der Waals surface area (Å²) in [6, 6.07) is 8.60. The van der Waals surface area contributed by atoms with Crippen LogP contribution >= 0.6 is 0 Å². The SMILES string of the molecule is Cc1noc([C@H](C)N2CC=C(c3c[nH]c4ccccc34)CC2)n1. The molecule has 1 atom stereocenters. The molecule has 0 spiro atoms. The van der Waals surface area contributed by atoms with Crippen LogP contribution in [0.3, 0.4) is 0 Å². The maximum Gasteiger partial charge on any atom is 0.243 e. The minimum absolute atomic E-state index is 0.150. The van der Waals surface area contributed by atoms with E-state index >= 15 is 0 Å². The van der Waals surface area contributed by atoms with Crippen molar-refractivity contribution in [2.45, 2.75) is 26.3 Å². The lowest BCUT2D eigenvalue weighted by atomic mass is 9.98. The molecule has 0 bridgehead atoms. The Bertz CT molecular complexity index is 861. The molecule has 0 radical (unpaired) electrons. The third-order valence-electron chi connectivity index (χ3n) is 4.62. The third kappa shape index (κ3) is 2.57. The highest BCUT2D eigenvalue weighted by atomic mass is 16.5. The normalized spacial score (nSPS) is 17.4. The van der Waals surface area contributed by atoms with Gasteiger partial charge in [-0.25, -0.2) is 0 Å². The fraction of sp³-hybridized carbons (Fsp3) is 0.333. The van der Waals surface area contributed by atoms with E-state index in [1.165, 1.54) is 22.0 Å². The molecule has 0 aliphatic carbocycles. The van der Waals surface area contributed by atoms with E-state index in [4.69, 9.17) is 4.52 Å². The van der Waals surface area contributed by atoms with Crippen molar-refractivity contribution in [1.82, 2.24) is 20.0 Å². The number of aryl methyl sites for hydroxylation is 1. The first-order valence-corrected chi connectivity index (χ1v) is 8.02. The number of para-hydroxylation sites is 1. The lowest BCUT2D eigenvalue weighted by Gasteiger charge is -2.29. The van der Waals surface area contributed by atoms with Crippen molar-refractivity contribution in [3.8, 4) is 0 Å². The molecule has 1 aliphatic rings. The molecule has 0 saturated heterocycles. The number of aromatic nitrogens is 3. The Balaban J connectivity index is 1.55. The molecule has 118 valence electrons. The van der Waals surface area contributed by atoms with Gasteiger partial charge in [-0.15, -0.1) is 0 Å². The first kappa shape index (κ1) is 14.2. The summed E-state index contributed by atoms with van der Waals surface area (Å²) in [6.45, 7) is 5.87. The lowest BCUT2D eigenvalue weighted by molar-refractivity contribution is 0.189. The van der Waals surface area contributed by atoms with Crippen LogP contribution in [0.25, 0.3) is 16.5 Å². The number of fused-ring (bicyclic) bond motifs is 1. The molecule has 0 fully saturated rings. The Hall–Kier alpha value is -2.40. The fourth-order valence-electron chi connectivity index (χ4n) is 3.26. The maximum atomic E-state index is 5.31. The van der Waals surface area contributed by atoms with Gasteiger partial charge in [0, 0.05) is 35.8 Å². The number of benzene rings is 1. The Kier molecular flexibility index (Phi) is 3.50. The van der Waals surface area contributed by atoms with Crippen molar-refractivity contribution in [2.24, 2.45) is 0 Å². The summed E-state index contributed by atoms with van der Waals surface area (Å²) in [5.74, 6) is 1.39. The number of nitrogens with zero attached hydrogens (tertiary/aromatic N) is 3. The zero-order valence-electron chi connectivity index (χ0n) is 13.4. The standard InChI is InChI=1S/C18H20N4O/c1-12(18-20-13(2)21-23-18)22-9-7-14(8-10-22)16-11-19-17-6-4-3-5-15(16)17/h3-7,11-12,19H,8-10H2,1-2H3/t12-/m0/s1.